The van der Waals surface area contributed by atoms with Gasteiger partial charge in [-0.25, -0.2) is 0 Å². The number of rotatable bonds is 3. The van der Waals surface area contributed by atoms with Crippen molar-refractivity contribution in [3.63, 3.8) is 0 Å². The van der Waals surface area contributed by atoms with E-state index in [0.717, 1.165) is 10.0 Å². The SMILES string of the molecule is Cc1cccc(C(=O)Nc2cccc(/C(N)=N/O)c2)c1Br. The summed E-state index contributed by atoms with van der Waals surface area (Å²) in [6, 6.07) is 12.2. The number of nitrogens with one attached hydrogen (secondary N) is 1. The van der Waals surface area contributed by atoms with E-state index in [1.54, 1.807) is 30.3 Å². The van der Waals surface area contributed by atoms with Gasteiger partial charge in [-0.3, -0.25) is 4.79 Å². The highest BCUT2D eigenvalue weighted by Gasteiger charge is 2.12. The van der Waals surface area contributed by atoms with E-state index in [9.17, 15) is 4.79 Å². The predicted molar refractivity (Wildman–Crippen MR) is 85.8 cm³/mol. The number of amidine groups is 1. The molecule has 21 heavy (non-hydrogen) atoms. The van der Waals surface area contributed by atoms with E-state index in [1.807, 2.05) is 19.1 Å². The second-order valence-electron chi connectivity index (χ2n) is 4.46. The maximum absolute atomic E-state index is 12.3. The number of hydrogen-bond acceptors (Lipinski definition) is 3. The summed E-state index contributed by atoms with van der Waals surface area (Å²) in [7, 11) is 0. The molecule has 108 valence electrons. The number of nitrogens with zero attached hydrogens (tertiary/aromatic N) is 1. The maximum atomic E-state index is 12.3. The van der Waals surface area contributed by atoms with Gasteiger partial charge in [-0.05, 0) is 46.6 Å². The Labute approximate surface area is 130 Å². The first kappa shape index (κ1) is 15.1. The lowest BCUT2D eigenvalue weighted by atomic mass is 10.1. The Balaban J connectivity index is 2.26. The quantitative estimate of drug-likeness (QED) is 0.345. The van der Waals surface area contributed by atoms with Gasteiger partial charge in [-0.2, -0.15) is 0 Å². The van der Waals surface area contributed by atoms with Crippen LogP contribution in [0.2, 0.25) is 0 Å². The molecule has 0 saturated heterocycles. The first-order valence-corrected chi connectivity index (χ1v) is 6.96. The van der Waals surface area contributed by atoms with Gasteiger partial charge in [-0.1, -0.05) is 29.4 Å². The zero-order chi connectivity index (χ0) is 15.4. The Morgan fingerprint density at radius 3 is 2.71 bits per heavy atom. The summed E-state index contributed by atoms with van der Waals surface area (Å²) < 4.78 is 0.759. The monoisotopic (exact) mass is 347 g/mol. The van der Waals surface area contributed by atoms with E-state index in [1.165, 1.54) is 0 Å². The third-order valence-electron chi connectivity index (χ3n) is 2.96. The molecule has 0 fully saturated rings. The second-order valence-corrected chi connectivity index (χ2v) is 5.25. The molecule has 0 atom stereocenters. The van der Waals surface area contributed by atoms with Crippen molar-refractivity contribution >= 4 is 33.4 Å². The van der Waals surface area contributed by atoms with Gasteiger partial charge < -0.3 is 16.3 Å². The van der Waals surface area contributed by atoms with Crippen LogP contribution in [0.3, 0.4) is 0 Å². The van der Waals surface area contributed by atoms with E-state index in [-0.39, 0.29) is 11.7 Å². The lowest BCUT2D eigenvalue weighted by Crippen LogP contribution is -2.15. The fourth-order valence-electron chi connectivity index (χ4n) is 1.84. The number of nitrogens with two attached hydrogens (primary N) is 1. The predicted octanol–water partition coefficient (Wildman–Crippen LogP) is 3.10. The van der Waals surface area contributed by atoms with Crippen molar-refractivity contribution < 1.29 is 10.0 Å². The zero-order valence-corrected chi connectivity index (χ0v) is 12.9. The average Bonchev–Trinajstić information content (AvgIpc) is 2.49. The average molecular weight is 348 g/mol. The first-order chi connectivity index (χ1) is 10.0. The molecular formula is C15H14BrN3O2. The Hall–Kier alpha value is -2.34. The highest BCUT2D eigenvalue weighted by molar-refractivity contribution is 9.10. The minimum Gasteiger partial charge on any atom is -0.409 e. The molecule has 0 bridgehead atoms. The van der Waals surface area contributed by atoms with Crippen molar-refractivity contribution in [2.24, 2.45) is 10.9 Å². The van der Waals surface area contributed by atoms with Crippen LogP contribution in [0.5, 0.6) is 0 Å². The number of aryl methyl sites for hydroxylation is 1. The number of carbonyl (C=O) groups excluding carboxylic acids is 1. The van der Waals surface area contributed by atoms with Crippen LogP contribution in [-0.2, 0) is 0 Å². The largest absolute Gasteiger partial charge is 0.409 e. The Morgan fingerprint density at radius 2 is 2.00 bits per heavy atom. The summed E-state index contributed by atoms with van der Waals surface area (Å²) in [5.74, 6) is -0.245. The molecule has 6 heteroatoms. The first-order valence-electron chi connectivity index (χ1n) is 6.17. The van der Waals surface area contributed by atoms with Crippen LogP contribution in [-0.4, -0.2) is 17.0 Å². The van der Waals surface area contributed by atoms with Gasteiger partial charge in [0.15, 0.2) is 5.84 Å². The zero-order valence-electron chi connectivity index (χ0n) is 11.3. The number of oxime groups is 1. The topological polar surface area (TPSA) is 87.7 Å². The fraction of sp³-hybridized carbons (Fsp3) is 0.0667. The Kier molecular flexibility index (Phi) is 4.59. The molecule has 0 aromatic heterocycles. The third kappa shape index (κ3) is 3.41. The highest BCUT2D eigenvalue weighted by atomic mass is 79.9. The Bertz CT molecular complexity index is 714. The van der Waals surface area contributed by atoms with Crippen molar-refractivity contribution in [1.82, 2.24) is 0 Å². The maximum Gasteiger partial charge on any atom is 0.256 e. The Morgan fingerprint density at radius 1 is 1.29 bits per heavy atom. The van der Waals surface area contributed by atoms with Crippen LogP contribution in [0.25, 0.3) is 0 Å². The molecule has 4 N–H and O–H groups in total. The normalized spacial score (nSPS) is 11.2. The van der Waals surface area contributed by atoms with Crippen molar-refractivity contribution in [3.8, 4) is 0 Å². The molecule has 0 aliphatic heterocycles. The summed E-state index contributed by atoms with van der Waals surface area (Å²) >= 11 is 3.41. The number of anilines is 1. The van der Waals surface area contributed by atoms with Crippen molar-refractivity contribution in [1.29, 1.82) is 0 Å². The molecule has 2 aromatic rings. The van der Waals surface area contributed by atoms with Crippen molar-refractivity contribution in [3.05, 3.63) is 63.6 Å². The van der Waals surface area contributed by atoms with Crippen LogP contribution >= 0.6 is 15.9 Å². The molecule has 1 amide bonds. The lowest BCUT2D eigenvalue weighted by Gasteiger charge is -2.09. The molecule has 2 rings (SSSR count). The van der Waals surface area contributed by atoms with Crippen LogP contribution in [0.4, 0.5) is 5.69 Å². The number of amides is 1. The number of halogens is 1. The molecule has 0 unspecified atom stereocenters. The molecule has 0 spiro atoms. The van der Waals surface area contributed by atoms with Gasteiger partial charge in [-0.15, -0.1) is 0 Å². The minimum atomic E-state index is -0.234. The van der Waals surface area contributed by atoms with Gasteiger partial charge >= 0.3 is 0 Å². The van der Waals surface area contributed by atoms with Gasteiger partial charge in [0.1, 0.15) is 0 Å². The molecule has 2 aromatic carbocycles. The standard InChI is InChI=1S/C15H14BrN3O2/c1-9-4-2-7-12(13(9)16)15(20)18-11-6-3-5-10(8-11)14(17)19-21/h2-8,21H,1H3,(H2,17,19)(H,18,20). The van der Waals surface area contributed by atoms with Gasteiger partial charge in [0, 0.05) is 15.7 Å². The van der Waals surface area contributed by atoms with Crippen molar-refractivity contribution in [2.45, 2.75) is 6.92 Å². The second kappa shape index (κ2) is 6.41. The van der Waals surface area contributed by atoms with Crippen LogP contribution in [0.1, 0.15) is 21.5 Å². The van der Waals surface area contributed by atoms with Gasteiger partial charge in [0.2, 0.25) is 0 Å². The van der Waals surface area contributed by atoms with Crippen molar-refractivity contribution in [2.75, 3.05) is 5.32 Å². The number of benzene rings is 2. The molecule has 0 saturated carbocycles. The van der Waals surface area contributed by atoms with E-state index < -0.39 is 0 Å². The smallest absolute Gasteiger partial charge is 0.256 e. The molecule has 5 nitrogen and oxygen atoms in total. The summed E-state index contributed by atoms with van der Waals surface area (Å²) in [5.41, 5.74) is 8.15. The molecule has 0 aliphatic carbocycles. The fourth-order valence-corrected chi connectivity index (χ4v) is 2.28. The summed E-state index contributed by atoms with van der Waals surface area (Å²) in [6.07, 6.45) is 0. The molecule has 0 heterocycles. The van der Waals surface area contributed by atoms with Crippen LogP contribution in [0, 0.1) is 6.92 Å². The highest BCUT2D eigenvalue weighted by Crippen LogP contribution is 2.22. The van der Waals surface area contributed by atoms with Gasteiger partial charge in [0.25, 0.3) is 5.91 Å². The van der Waals surface area contributed by atoms with E-state index >= 15 is 0 Å². The van der Waals surface area contributed by atoms with E-state index in [2.05, 4.69) is 26.4 Å². The summed E-state index contributed by atoms with van der Waals surface area (Å²) in [5, 5.41) is 14.4. The van der Waals surface area contributed by atoms with Gasteiger partial charge in [0.05, 0.1) is 5.56 Å². The molecule has 0 aliphatic rings. The minimum absolute atomic E-state index is 0.0113. The van der Waals surface area contributed by atoms with E-state index in [4.69, 9.17) is 10.9 Å². The van der Waals surface area contributed by atoms with Crippen LogP contribution in [0.15, 0.2) is 52.1 Å². The summed E-state index contributed by atoms with van der Waals surface area (Å²) in [4.78, 5) is 12.3. The lowest BCUT2D eigenvalue weighted by molar-refractivity contribution is 0.102. The molecule has 0 radical (unpaired) electrons. The third-order valence-corrected chi connectivity index (χ3v) is 4.01. The summed E-state index contributed by atoms with van der Waals surface area (Å²) in [6.45, 7) is 1.92. The molecular weight excluding hydrogens is 334 g/mol. The van der Waals surface area contributed by atoms with E-state index in [0.29, 0.717) is 16.8 Å². The number of carbonyl (C=O) groups is 1. The van der Waals surface area contributed by atoms with Crippen LogP contribution < -0.4 is 11.1 Å². The number of hydrogen-bond donors (Lipinski definition) is 3.